The summed E-state index contributed by atoms with van der Waals surface area (Å²) in [4.78, 5) is 20.4. The number of fused-ring (bicyclic) bond motifs is 1. The van der Waals surface area contributed by atoms with Gasteiger partial charge in [0.1, 0.15) is 0 Å². The maximum atomic E-state index is 13.4. The van der Waals surface area contributed by atoms with Crippen LogP contribution < -0.4 is 5.32 Å². The van der Waals surface area contributed by atoms with Gasteiger partial charge in [0.15, 0.2) is 5.65 Å². The standard InChI is InChI=1S/C21H29N5O/c1-14(2)26-19-17(12-23-26)16(11-18(24-19)15-3-4-15)20(27)25-9-6-21(7-10-25)5-8-22-13-21/h11-12,14-15,22H,3-10,13H2,1-2H3. The number of amides is 1. The third-order valence-electron chi connectivity index (χ3n) is 6.75. The molecule has 2 aromatic heterocycles. The van der Waals surface area contributed by atoms with E-state index < -0.39 is 0 Å². The first kappa shape index (κ1) is 17.2. The predicted molar refractivity (Wildman–Crippen MR) is 105 cm³/mol. The summed E-state index contributed by atoms with van der Waals surface area (Å²) in [6.45, 7) is 8.18. The van der Waals surface area contributed by atoms with Crippen molar-refractivity contribution in [1.82, 2.24) is 25.0 Å². The van der Waals surface area contributed by atoms with Gasteiger partial charge in [0.2, 0.25) is 0 Å². The Hall–Kier alpha value is -1.95. The monoisotopic (exact) mass is 367 g/mol. The van der Waals surface area contributed by atoms with Crippen LogP contribution in [0.4, 0.5) is 0 Å². The summed E-state index contributed by atoms with van der Waals surface area (Å²) in [7, 11) is 0. The molecule has 0 unspecified atom stereocenters. The molecule has 5 rings (SSSR count). The number of likely N-dealkylation sites (tertiary alicyclic amines) is 1. The third-order valence-corrected chi connectivity index (χ3v) is 6.75. The van der Waals surface area contributed by atoms with Gasteiger partial charge in [0.25, 0.3) is 5.91 Å². The average molecular weight is 367 g/mol. The molecular formula is C21H29N5O. The Morgan fingerprint density at radius 3 is 2.67 bits per heavy atom. The molecule has 1 saturated carbocycles. The minimum atomic E-state index is 0.161. The van der Waals surface area contributed by atoms with E-state index in [0.29, 0.717) is 11.3 Å². The van der Waals surface area contributed by atoms with Crippen LogP contribution in [0.5, 0.6) is 0 Å². The Kier molecular flexibility index (Phi) is 4.00. The van der Waals surface area contributed by atoms with Crippen LogP contribution in [0.15, 0.2) is 12.3 Å². The number of hydrogen-bond donors (Lipinski definition) is 1. The maximum absolute atomic E-state index is 13.4. The maximum Gasteiger partial charge on any atom is 0.254 e. The summed E-state index contributed by atoms with van der Waals surface area (Å²) in [5, 5.41) is 8.94. The first-order valence-corrected chi connectivity index (χ1v) is 10.4. The molecule has 4 heterocycles. The lowest BCUT2D eigenvalue weighted by Gasteiger charge is -2.39. The molecule has 2 saturated heterocycles. The number of carbonyl (C=O) groups excluding carboxylic acids is 1. The van der Waals surface area contributed by atoms with Crippen molar-refractivity contribution in [3.63, 3.8) is 0 Å². The Morgan fingerprint density at radius 2 is 2.04 bits per heavy atom. The van der Waals surface area contributed by atoms with Crippen LogP contribution >= 0.6 is 0 Å². The predicted octanol–water partition coefficient (Wildman–Crippen LogP) is 3.11. The molecule has 1 amide bonds. The van der Waals surface area contributed by atoms with E-state index in [-0.39, 0.29) is 11.9 Å². The molecule has 27 heavy (non-hydrogen) atoms. The quantitative estimate of drug-likeness (QED) is 0.905. The van der Waals surface area contributed by atoms with Gasteiger partial charge < -0.3 is 10.2 Å². The van der Waals surface area contributed by atoms with Crippen LogP contribution in [0, 0.1) is 5.41 Å². The summed E-state index contributed by atoms with van der Waals surface area (Å²) in [6.07, 6.45) is 7.67. The van der Waals surface area contributed by atoms with E-state index in [4.69, 9.17) is 4.98 Å². The first-order valence-electron chi connectivity index (χ1n) is 10.4. The van der Waals surface area contributed by atoms with Crippen LogP contribution in [0.2, 0.25) is 0 Å². The number of nitrogens with one attached hydrogen (secondary N) is 1. The highest BCUT2D eigenvalue weighted by atomic mass is 16.2. The molecule has 3 aliphatic rings. The smallest absolute Gasteiger partial charge is 0.254 e. The van der Waals surface area contributed by atoms with Crippen molar-refractivity contribution in [1.29, 1.82) is 0 Å². The molecule has 1 N–H and O–H groups in total. The zero-order valence-electron chi connectivity index (χ0n) is 16.4. The molecule has 6 nitrogen and oxygen atoms in total. The lowest BCUT2D eigenvalue weighted by atomic mass is 9.77. The number of hydrogen-bond acceptors (Lipinski definition) is 4. The van der Waals surface area contributed by atoms with Crippen molar-refractivity contribution in [2.24, 2.45) is 5.41 Å². The van der Waals surface area contributed by atoms with Gasteiger partial charge in [-0.25, -0.2) is 9.67 Å². The van der Waals surface area contributed by atoms with Crippen LogP contribution in [0.1, 0.15) is 74.0 Å². The Labute approximate surface area is 160 Å². The molecule has 2 aromatic rings. The second kappa shape index (κ2) is 6.30. The van der Waals surface area contributed by atoms with Gasteiger partial charge in [-0.3, -0.25) is 4.79 Å². The zero-order chi connectivity index (χ0) is 18.6. The Balaban J connectivity index is 1.47. The number of piperidine rings is 1. The van der Waals surface area contributed by atoms with Crippen LogP contribution in [-0.2, 0) is 0 Å². The van der Waals surface area contributed by atoms with Gasteiger partial charge in [0, 0.05) is 37.3 Å². The van der Waals surface area contributed by atoms with Crippen molar-refractivity contribution in [3.8, 4) is 0 Å². The fourth-order valence-corrected chi connectivity index (χ4v) is 4.76. The summed E-state index contributed by atoms with van der Waals surface area (Å²) in [5.74, 6) is 0.680. The molecule has 2 aliphatic heterocycles. The van der Waals surface area contributed by atoms with Crippen molar-refractivity contribution in [3.05, 3.63) is 23.5 Å². The summed E-state index contributed by atoms with van der Waals surface area (Å²) in [6, 6.07) is 2.29. The van der Waals surface area contributed by atoms with E-state index in [1.54, 1.807) is 0 Å². The second-order valence-corrected chi connectivity index (χ2v) is 9.01. The van der Waals surface area contributed by atoms with Crippen molar-refractivity contribution >= 4 is 16.9 Å². The normalized spacial score (nSPS) is 22.3. The van der Waals surface area contributed by atoms with Crippen molar-refractivity contribution < 1.29 is 4.79 Å². The second-order valence-electron chi connectivity index (χ2n) is 9.01. The number of carbonyl (C=O) groups is 1. The molecule has 0 aromatic carbocycles. The van der Waals surface area contributed by atoms with Crippen LogP contribution in [0.3, 0.4) is 0 Å². The number of nitrogens with zero attached hydrogens (tertiary/aromatic N) is 4. The highest BCUT2D eigenvalue weighted by Crippen LogP contribution is 2.41. The zero-order valence-corrected chi connectivity index (χ0v) is 16.4. The van der Waals surface area contributed by atoms with Gasteiger partial charge in [-0.05, 0) is 64.0 Å². The number of pyridine rings is 1. The van der Waals surface area contributed by atoms with Gasteiger partial charge >= 0.3 is 0 Å². The summed E-state index contributed by atoms with van der Waals surface area (Å²) < 4.78 is 1.95. The van der Waals surface area contributed by atoms with Crippen molar-refractivity contribution in [2.75, 3.05) is 26.2 Å². The molecule has 144 valence electrons. The Morgan fingerprint density at radius 1 is 1.26 bits per heavy atom. The highest BCUT2D eigenvalue weighted by Gasteiger charge is 2.38. The van der Waals surface area contributed by atoms with Gasteiger partial charge in [-0.2, -0.15) is 5.10 Å². The minimum Gasteiger partial charge on any atom is -0.339 e. The number of aromatic nitrogens is 3. The summed E-state index contributed by atoms with van der Waals surface area (Å²) in [5.41, 5.74) is 3.16. The third kappa shape index (κ3) is 2.94. The molecule has 1 spiro atoms. The van der Waals surface area contributed by atoms with Crippen LogP contribution in [-0.4, -0.2) is 51.8 Å². The number of rotatable bonds is 3. The molecule has 0 radical (unpaired) electrons. The van der Waals surface area contributed by atoms with E-state index in [1.165, 1.54) is 19.3 Å². The van der Waals surface area contributed by atoms with E-state index in [1.807, 2.05) is 10.9 Å². The average Bonchev–Trinajstić information content (AvgIpc) is 3.28. The molecule has 6 heteroatoms. The lowest BCUT2D eigenvalue weighted by molar-refractivity contribution is 0.0609. The van der Waals surface area contributed by atoms with Crippen LogP contribution in [0.25, 0.3) is 11.0 Å². The van der Waals surface area contributed by atoms with Crippen molar-refractivity contribution in [2.45, 2.75) is 57.9 Å². The van der Waals surface area contributed by atoms with Gasteiger partial charge in [-0.15, -0.1) is 0 Å². The van der Waals surface area contributed by atoms with Gasteiger partial charge in [0.05, 0.1) is 17.1 Å². The molecule has 3 fully saturated rings. The van der Waals surface area contributed by atoms with E-state index in [9.17, 15) is 4.79 Å². The molecule has 0 atom stereocenters. The molecule has 1 aliphatic carbocycles. The molecular weight excluding hydrogens is 338 g/mol. The fraction of sp³-hybridized carbons (Fsp3) is 0.667. The van der Waals surface area contributed by atoms with Gasteiger partial charge in [-0.1, -0.05) is 0 Å². The largest absolute Gasteiger partial charge is 0.339 e. The lowest BCUT2D eigenvalue weighted by Crippen LogP contribution is -2.44. The SMILES string of the molecule is CC(C)n1ncc2c(C(=O)N3CCC4(CCNC4)CC3)cc(C3CC3)nc21. The first-order chi connectivity index (χ1) is 13.1. The van der Waals surface area contributed by atoms with E-state index in [0.717, 1.165) is 61.3 Å². The van der Waals surface area contributed by atoms with E-state index >= 15 is 0 Å². The minimum absolute atomic E-state index is 0.161. The Bertz CT molecular complexity index is 866. The summed E-state index contributed by atoms with van der Waals surface area (Å²) >= 11 is 0. The topological polar surface area (TPSA) is 63.1 Å². The highest BCUT2D eigenvalue weighted by molar-refractivity contribution is 6.05. The molecule has 0 bridgehead atoms. The fourth-order valence-electron chi connectivity index (χ4n) is 4.76. The van der Waals surface area contributed by atoms with E-state index in [2.05, 4.69) is 35.2 Å².